The first-order valence-corrected chi connectivity index (χ1v) is 10.5. The average Bonchev–Trinajstić information content (AvgIpc) is 2.68. The number of carbonyl (C=O) groups excluding carboxylic acids is 2. The summed E-state index contributed by atoms with van der Waals surface area (Å²) >= 11 is 18.7. The summed E-state index contributed by atoms with van der Waals surface area (Å²) in [5.41, 5.74) is 2.03. The second kappa shape index (κ2) is 8.06. The van der Waals surface area contributed by atoms with Crippen LogP contribution < -0.4 is 4.90 Å². The number of halogens is 3. The van der Waals surface area contributed by atoms with Gasteiger partial charge in [-0.3, -0.25) is 14.5 Å². The van der Waals surface area contributed by atoms with Crippen molar-refractivity contribution in [1.82, 2.24) is 0 Å². The summed E-state index contributed by atoms with van der Waals surface area (Å²) in [5.74, 6) is -1.93. The third kappa shape index (κ3) is 3.62. The van der Waals surface area contributed by atoms with Crippen LogP contribution in [0.5, 0.6) is 0 Å². The third-order valence-electron chi connectivity index (χ3n) is 5.45. The highest BCUT2D eigenvalue weighted by Crippen LogP contribution is 2.46. The SMILES string of the molecule is O=C1CCCC2=C1C(c1ccc(Cl)cc1Cl)CC(=O)N2c1cc(C(=O)O)ccc1Cl. The van der Waals surface area contributed by atoms with Crippen molar-refractivity contribution in [1.29, 1.82) is 0 Å². The van der Waals surface area contributed by atoms with Crippen molar-refractivity contribution in [3.8, 4) is 0 Å². The molecule has 0 saturated carbocycles. The van der Waals surface area contributed by atoms with Gasteiger partial charge in [0.25, 0.3) is 0 Å². The van der Waals surface area contributed by atoms with Crippen LogP contribution in [0.3, 0.4) is 0 Å². The Morgan fingerprint density at radius 3 is 2.47 bits per heavy atom. The van der Waals surface area contributed by atoms with Crippen molar-refractivity contribution in [2.45, 2.75) is 31.6 Å². The minimum atomic E-state index is -1.13. The molecule has 2 aromatic carbocycles. The third-order valence-corrected chi connectivity index (χ3v) is 6.33. The van der Waals surface area contributed by atoms with Crippen LogP contribution in [0.4, 0.5) is 5.69 Å². The predicted molar refractivity (Wildman–Crippen MR) is 116 cm³/mol. The number of amides is 1. The summed E-state index contributed by atoms with van der Waals surface area (Å²) in [6.45, 7) is 0. The highest BCUT2D eigenvalue weighted by molar-refractivity contribution is 6.35. The summed E-state index contributed by atoms with van der Waals surface area (Å²) in [6, 6.07) is 9.20. The van der Waals surface area contributed by atoms with Crippen molar-refractivity contribution in [3.05, 3.63) is 73.9 Å². The van der Waals surface area contributed by atoms with Gasteiger partial charge >= 0.3 is 5.97 Å². The number of Topliss-reactive ketones (excluding diaryl/α,β-unsaturated/α-hetero) is 1. The van der Waals surface area contributed by atoms with E-state index in [1.54, 1.807) is 18.2 Å². The number of carbonyl (C=O) groups is 3. The fourth-order valence-electron chi connectivity index (χ4n) is 4.14. The van der Waals surface area contributed by atoms with Crippen LogP contribution in [0.15, 0.2) is 47.7 Å². The Morgan fingerprint density at radius 2 is 1.77 bits per heavy atom. The maximum Gasteiger partial charge on any atom is 0.335 e. The minimum Gasteiger partial charge on any atom is -0.478 e. The molecule has 1 aliphatic carbocycles. The Bertz CT molecular complexity index is 1130. The molecule has 0 aromatic heterocycles. The van der Waals surface area contributed by atoms with Crippen molar-refractivity contribution >= 4 is 58.1 Å². The lowest BCUT2D eigenvalue weighted by atomic mass is 9.77. The monoisotopic (exact) mass is 463 g/mol. The fourth-order valence-corrected chi connectivity index (χ4v) is 4.88. The number of aromatic carboxylic acids is 1. The number of hydrogen-bond donors (Lipinski definition) is 1. The van der Waals surface area contributed by atoms with Crippen LogP contribution in [0.1, 0.15) is 47.5 Å². The molecule has 1 N–H and O–H groups in total. The first kappa shape index (κ1) is 20.9. The molecule has 1 atom stereocenters. The summed E-state index contributed by atoms with van der Waals surface area (Å²) in [5, 5.41) is 10.4. The zero-order chi connectivity index (χ0) is 21.6. The Hall–Kier alpha value is -2.34. The summed E-state index contributed by atoms with van der Waals surface area (Å²) in [6.07, 6.45) is 1.49. The molecule has 1 aliphatic heterocycles. The Kier molecular flexibility index (Phi) is 5.62. The second-order valence-electron chi connectivity index (χ2n) is 7.26. The zero-order valence-electron chi connectivity index (χ0n) is 15.6. The highest BCUT2D eigenvalue weighted by atomic mass is 35.5. The molecule has 5 nitrogen and oxygen atoms in total. The van der Waals surface area contributed by atoms with Crippen LogP contribution in [-0.2, 0) is 9.59 Å². The Balaban J connectivity index is 1.90. The van der Waals surface area contributed by atoms with Crippen LogP contribution in [0.25, 0.3) is 0 Å². The van der Waals surface area contributed by atoms with Gasteiger partial charge in [0.2, 0.25) is 5.91 Å². The molecule has 154 valence electrons. The molecular weight excluding hydrogens is 449 g/mol. The number of nitrogens with zero attached hydrogens (tertiary/aromatic N) is 1. The molecule has 30 heavy (non-hydrogen) atoms. The molecule has 0 fully saturated rings. The lowest BCUT2D eigenvalue weighted by molar-refractivity contribution is -0.119. The largest absolute Gasteiger partial charge is 0.478 e. The van der Waals surface area contributed by atoms with Gasteiger partial charge in [-0.05, 0) is 48.7 Å². The lowest BCUT2D eigenvalue weighted by Gasteiger charge is -2.39. The van der Waals surface area contributed by atoms with Crippen molar-refractivity contribution in [2.75, 3.05) is 4.90 Å². The average molecular weight is 465 g/mol. The molecule has 0 spiro atoms. The molecular formula is C22H16Cl3NO4. The van der Waals surface area contributed by atoms with Gasteiger partial charge in [-0.2, -0.15) is 0 Å². The van der Waals surface area contributed by atoms with E-state index in [-0.39, 0.29) is 34.4 Å². The molecule has 1 amide bonds. The fraction of sp³-hybridized carbons (Fsp3) is 0.227. The van der Waals surface area contributed by atoms with Gasteiger partial charge < -0.3 is 5.11 Å². The quantitative estimate of drug-likeness (QED) is 0.616. The normalized spacial score (nSPS) is 19.2. The number of carboxylic acid groups (broad SMARTS) is 1. The summed E-state index contributed by atoms with van der Waals surface area (Å²) < 4.78 is 0. The first-order valence-electron chi connectivity index (χ1n) is 9.35. The smallest absolute Gasteiger partial charge is 0.335 e. The Labute approximate surface area is 187 Å². The van der Waals surface area contributed by atoms with E-state index in [0.29, 0.717) is 46.1 Å². The number of rotatable bonds is 3. The van der Waals surface area contributed by atoms with Crippen LogP contribution >= 0.6 is 34.8 Å². The predicted octanol–water partition coefficient (Wildman–Crippen LogP) is 5.87. The van der Waals surface area contributed by atoms with Gasteiger partial charge in [-0.1, -0.05) is 40.9 Å². The molecule has 0 bridgehead atoms. The molecule has 4 rings (SSSR count). The number of benzene rings is 2. The van der Waals surface area contributed by atoms with E-state index in [1.165, 1.54) is 23.1 Å². The lowest BCUT2D eigenvalue weighted by Crippen LogP contribution is -2.40. The number of anilines is 1. The van der Waals surface area contributed by atoms with Gasteiger partial charge in [0.05, 0.1) is 16.3 Å². The van der Waals surface area contributed by atoms with Crippen molar-refractivity contribution in [3.63, 3.8) is 0 Å². The van der Waals surface area contributed by atoms with E-state index in [1.807, 2.05) is 0 Å². The van der Waals surface area contributed by atoms with E-state index in [0.717, 1.165) is 0 Å². The van der Waals surface area contributed by atoms with Crippen LogP contribution in [0, 0.1) is 0 Å². The standard InChI is InChI=1S/C22H16Cl3NO4/c23-12-5-6-13(16(25)9-12)14-10-20(28)26(17-2-1-3-19(27)21(14)17)18-8-11(22(29)30)4-7-15(18)24/h4-9,14H,1-3,10H2,(H,29,30). The highest BCUT2D eigenvalue weighted by Gasteiger charge is 2.41. The van der Waals surface area contributed by atoms with Crippen molar-refractivity contribution in [2.24, 2.45) is 0 Å². The molecule has 2 aliphatic rings. The van der Waals surface area contributed by atoms with E-state index in [4.69, 9.17) is 34.8 Å². The second-order valence-corrected chi connectivity index (χ2v) is 8.51. The van der Waals surface area contributed by atoms with Gasteiger partial charge in [0.1, 0.15) is 0 Å². The molecule has 1 heterocycles. The van der Waals surface area contributed by atoms with E-state index < -0.39 is 11.9 Å². The number of ketones is 1. The number of carboxylic acids is 1. The zero-order valence-corrected chi connectivity index (χ0v) is 17.9. The molecule has 1 unspecified atom stereocenters. The van der Waals surface area contributed by atoms with Crippen molar-refractivity contribution < 1.29 is 19.5 Å². The van der Waals surface area contributed by atoms with Gasteiger partial charge in [0, 0.05) is 40.1 Å². The molecule has 2 aromatic rings. The molecule has 0 radical (unpaired) electrons. The van der Waals surface area contributed by atoms with Crippen LogP contribution in [0.2, 0.25) is 15.1 Å². The maximum absolute atomic E-state index is 13.3. The van der Waals surface area contributed by atoms with E-state index >= 15 is 0 Å². The number of hydrogen-bond acceptors (Lipinski definition) is 3. The molecule has 8 heteroatoms. The van der Waals surface area contributed by atoms with Gasteiger partial charge in [0.15, 0.2) is 5.78 Å². The molecule has 0 saturated heterocycles. The minimum absolute atomic E-state index is 0.00866. The van der Waals surface area contributed by atoms with Gasteiger partial charge in [-0.15, -0.1) is 0 Å². The summed E-state index contributed by atoms with van der Waals surface area (Å²) in [4.78, 5) is 39.0. The van der Waals surface area contributed by atoms with Gasteiger partial charge in [-0.25, -0.2) is 4.79 Å². The summed E-state index contributed by atoms with van der Waals surface area (Å²) in [7, 11) is 0. The maximum atomic E-state index is 13.3. The van der Waals surface area contributed by atoms with E-state index in [9.17, 15) is 19.5 Å². The Morgan fingerprint density at radius 1 is 1.00 bits per heavy atom. The first-order chi connectivity index (χ1) is 14.3. The van der Waals surface area contributed by atoms with Crippen LogP contribution in [-0.4, -0.2) is 22.8 Å². The van der Waals surface area contributed by atoms with E-state index in [2.05, 4.69) is 0 Å². The number of allylic oxidation sites excluding steroid dienone is 2. The topological polar surface area (TPSA) is 74.7 Å².